The molecule has 1 aliphatic carbocycles. The van der Waals surface area contributed by atoms with Crippen molar-refractivity contribution in [2.75, 3.05) is 6.61 Å². The second-order valence-electron chi connectivity index (χ2n) is 5.34. The van der Waals surface area contributed by atoms with E-state index >= 15 is 0 Å². The highest BCUT2D eigenvalue weighted by Crippen LogP contribution is 2.24. The number of aliphatic hydroxyl groups is 1. The van der Waals surface area contributed by atoms with Crippen molar-refractivity contribution in [2.45, 2.75) is 51.6 Å². The van der Waals surface area contributed by atoms with Gasteiger partial charge in [-0.1, -0.05) is 19.8 Å². The van der Waals surface area contributed by atoms with Crippen LogP contribution in [0.4, 0.5) is 0 Å². The molecule has 0 amide bonds. The molecule has 0 aliphatic heterocycles. The zero-order valence-corrected chi connectivity index (χ0v) is 11.5. The summed E-state index contributed by atoms with van der Waals surface area (Å²) in [6.45, 7) is 3.33. The third kappa shape index (κ3) is 3.12. The summed E-state index contributed by atoms with van der Waals surface area (Å²) in [7, 11) is 1.97. The van der Waals surface area contributed by atoms with Gasteiger partial charge in [0.05, 0.1) is 5.69 Å². The summed E-state index contributed by atoms with van der Waals surface area (Å²) < 4.78 is 1.89. The molecule has 4 nitrogen and oxygen atoms in total. The van der Waals surface area contributed by atoms with E-state index in [-0.39, 0.29) is 0 Å². The van der Waals surface area contributed by atoms with Crippen molar-refractivity contribution in [1.29, 1.82) is 0 Å². The van der Waals surface area contributed by atoms with Crippen LogP contribution in [-0.4, -0.2) is 27.5 Å². The van der Waals surface area contributed by atoms with Crippen molar-refractivity contribution < 1.29 is 5.11 Å². The Hall–Kier alpha value is -0.870. The standard InChI is InChI=1S/C14H25N3O/c1-3-13-12(9-17(2)16-13)8-15-14-7-5-4-6-11(14)10-18/h9,11,14-15,18H,3-8,10H2,1-2H3. The van der Waals surface area contributed by atoms with E-state index in [9.17, 15) is 5.11 Å². The van der Waals surface area contributed by atoms with E-state index in [2.05, 4.69) is 23.5 Å². The number of hydrogen-bond acceptors (Lipinski definition) is 3. The van der Waals surface area contributed by atoms with Crippen molar-refractivity contribution in [2.24, 2.45) is 13.0 Å². The lowest BCUT2D eigenvalue weighted by atomic mass is 9.85. The summed E-state index contributed by atoms with van der Waals surface area (Å²) in [5.41, 5.74) is 2.48. The van der Waals surface area contributed by atoms with Gasteiger partial charge in [0.15, 0.2) is 0 Å². The maximum Gasteiger partial charge on any atom is 0.0666 e. The van der Waals surface area contributed by atoms with Crippen molar-refractivity contribution in [3.63, 3.8) is 0 Å². The van der Waals surface area contributed by atoms with Crippen LogP contribution in [-0.2, 0) is 20.0 Å². The van der Waals surface area contributed by atoms with E-state index in [1.165, 1.54) is 30.5 Å². The average Bonchev–Trinajstić information content (AvgIpc) is 2.77. The van der Waals surface area contributed by atoms with Crippen LogP contribution in [0, 0.1) is 5.92 Å². The quantitative estimate of drug-likeness (QED) is 0.836. The van der Waals surface area contributed by atoms with Gasteiger partial charge in [-0.25, -0.2) is 0 Å². The van der Waals surface area contributed by atoms with E-state index in [0.717, 1.165) is 19.4 Å². The Morgan fingerprint density at radius 2 is 2.22 bits per heavy atom. The van der Waals surface area contributed by atoms with Crippen LogP contribution in [0.2, 0.25) is 0 Å². The molecule has 18 heavy (non-hydrogen) atoms. The Bertz CT molecular complexity index is 375. The van der Waals surface area contributed by atoms with Crippen molar-refractivity contribution in [3.05, 3.63) is 17.5 Å². The lowest BCUT2D eigenvalue weighted by molar-refractivity contribution is 0.152. The summed E-state index contributed by atoms with van der Waals surface area (Å²) in [4.78, 5) is 0. The van der Waals surface area contributed by atoms with Crippen LogP contribution >= 0.6 is 0 Å². The maximum absolute atomic E-state index is 9.41. The SMILES string of the molecule is CCc1nn(C)cc1CNC1CCCCC1CO. The lowest BCUT2D eigenvalue weighted by Crippen LogP contribution is -2.39. The number of nitrogens with one attached hydrogen (secondary N) is 1. The zero-order valence-electron chi connectivity index (χ0n) is 11.5. The van der Waals surface area contributed by atoms with Gasteiger partial charge in [0.25, 0.3) is 0 Å². The first-order chi connectivity index (χ1) is 8.74. The van der Waals surface area contributed by atoms with Gasteiger partial charge < -0.3 is 10.4 Å². The number of aryl methyl sites for hydroxylation is 2. The predicted molar refractivity (Wildman–Crippen MR) is 72.3 cm³/mol. The van der Waals surface area contributed by atoms with Crippen molar-refractivity contribution >= 4 is 0 Å². The van der Waals surface area contributed by atoms with Gasteiger partial charge in [0, 0.05) is 38.0 Å². The van der Waals surface area contributed by atoms with E-state index in [1.807, 2.05) is 11.7 Å². The summed E-state index contributed by atoms with van der Waals surface area (Å²) >= 11 is 0. The third-order valence-corrected chi connectivity index (χ3v) is 4.02. The van der Waals surface area contributed by atoms with Gasteiger partial charge in [-0.3, -0.25) is 4.68 Å². The van der Waals surface area contributed by atoms with Crippen molar-refractivity contribution in [1.82, 2.24) is 15.1 Å². The first kappa shape index (κ1) is 13.6. The number of aromatic nitrogens is 2. The van der Waals surface area contributed by atoms with Crippen LogP contribution in [0.3, 0.4) is 0 Å². The minimum atomic E-state index is 0.311. The third-order valence-electron chi connectivity index (χ3n) is 4.02. The molecule has 0 saturated heterocycles. The molecule has 1 aromatic rings. The van der Waals surface area contributed by atoms with Gasteiger partial charge >= 0.3 is 0 Å². The molecule has 0 aromatic carbocycles. The minimum absolute atomic E-state index is 0.311. The second kappa shape index (κ2) is 6.34. The molecular weight excluding hydrogens is 226 g/mol. The van der Waals surface area contributed by atoms with Gasteiger partial charge in [0.1, 0.15) is 0 Å². The first-order valence-corrected chi connectivity index (χ1v) is 7.10. The largest absolute Gasteiger partial charge is 0.396 e. The summed E-state index contributed by atoms with van der Waals surface area (Å²) in [5, 5.41) is 17.5. The highest BCUT2D eigenvalue weighted by molar-refractivity contribution is 5.16. The fourth-order valence-corrected chi connectivity index (χ4v) is 2.96. The van der Waals surface area contributed by atoms with Crippen molar-refractivity contribution in [3.8, 4) is 0 Å². The molecule has 0 radical (unpaired) electrons. The monoisotopic (exact) mass is 251 g/mol. The number of hydrogen-bond donors (Lipinski definition) is 2. The van der Waals surface area contributed by atoms with E-state index in [1.54, 1.807) is 0 Å². The molecule has 0 spiro atoms. The summed E-state index contributed by atoms with van der Waals surface area (Å²) in [6, 6.07) is 0.466. The van der Waals surface area contributed by atoms with Crippen LogP contribution in [0.25, 0.3) is 0 Å². The Morgan fingerprint density at radius 3 is 2.94 bits per heavy atom. The molecule has 1 saturated carbocycles. The predicted octanol–water partition coefficient (Wildman–Crippen LogP) is 1.62. The second-order valence-corrected chi connectivity index (χ2v) is 5.34. The van der Waals surface area contributed by atoms with Crippen LogP contribution in [0.15, 0.2) is 6.20 Å². The van der Waals surface area contributed by atoms with E-state index < -0.39 is 0 Å². The Balaban J connectivity index is 1.93. The number of rotatable bonds is 5. The molecular formula is C14H25N3O. The Kier molecular flexibility index (Phi) is 4.78. The highest BCUT2D eigenvalue weighted by atomic mass is 16.3. The van der Waals surface area contributed by atoms with Crippen LogP contribution in [0.5, 0.6) is 0 Å². The smallest absolute Gasteiger partial charge is 0.0666 e. The molecule has 2 rings (SSSR count). The molecule has 1 heterocycles. The fourth-order valence-electron chi connectivity index (χ4n) is 2.96. The van der Waals surface area contributed by atoms with Gasteiger partial charge in [0.2, 0.25) is 0 Å². The maximum atomic E-state index is 9.41. The highest BCUT2D eigenvalue weighted by Gasteiger charge is 2.24. The van der Waals surface area contributed by atoms with Gasteiger partial charge in [-0.15, -0.1) is 0 Å². The molecule has 1 fully saturated rings. The number of aliphatic hydroxyl groups excluding tert-OH is 1. The van der Waals surface area contributed by atoms with Crippen LogP contribution in [0.1, 0.15) is 43.9 Å². The number of nitrogens with zero attached hydrogens (tertiary/aromatic N) is 2. The van der Waals surface area contributed by atoms with Gasteiger partial charge in [-0.05, 0) is 25.2 Å². The van der Waals surface area contributed by atoms with E-state index in [0.29, 0.717) is 18.6 Å². The first-order valence-electron chi connectivity index (χ1n) is 7.10. The topological polar surface area (TPSA) is 50.1 Å². The van der Waals surface area contributed by atoms with Gasteiger partial charge in [-0.2, -0.15) is 5.10 Å². The molecule has 1 aliphatic rings. The molecule has 1 aromatic heterocycles. The molecule has 4 heteroatoms. The Morgan fingerprint density at radius 1 is 1.44 bits per heavy atom. The molecule has 2 atom stereocenters. The molecule has 2 unspecified atom stereocenters. The summed E-state index contributed by atoms with van der Waals surface area (Å²) in [6.07, 6.45) is 7.96. The van der Waals surface area contributed by atoms with Crippen LogP contribution < -0.4 is 5.32 Å². The molecule has 0 bridgehead atoms. The van der Waals surface area contributed by atoms with E-state index in [4.69, 9.17) is 0 Å². The minimum Gasteiger partial charge on any atom is -0.396 e. The average molecular weight is 251 g/mol. The Labute approximate surface area is 109 Å². The molecule has 2 N–H and O–H groups in total. The summed E-state index contributed by atoms with van der Waals surface area (Å²) in [5.74, 6) is 0.431. The molecule has 102 valence electrons. The normalized spacial score (nSPS) is 24.4. The lowest BCUT2D eigenvalue weighted by Gasteiger charge is -2.31. The fraction of sp³-hybridized carbons (Fsp3) is 0.786. The zero-order chi connectivity index (χ0) is 13.0.